The summed E-state index contributed by atoms with van der Waals surface area (Å²) in [5.41, 5.74) is -0.674. The van der Waals surface area contributed by atoms with Gasteiger partial charge < -0.3 is 9.47 Å². The second kappa shape index (κ2) is 7.91. The molecule has 28 heavy (non-hydrogen) atoms. The molecule has 0 fully saturated rings. The summed E-state index contributed by atoms with van der Waals surface area (Å²) in [6.07, 6.45) is 0. The molecule has 2 aromatic rings. The molecule has 0 N–H and O–H groups in total. The lowest BCUT2D eigenvalue weighted by atomic mass is 10.3. The maximum absolute atomic E-state index is 12.9. The van der Waals surface area contributed by atoms with Crippen molar-refractivity contribution in [2.45, 2.75) is 9.79 Å². The number of nitrogens with zero attached hydrogens (tertiary/aromatic N) is 2. The first kappa shape index (κ1) is 21.9. The zero-order valence-electron chi connectivity index (χ0n) is 14.8. The number of benzene rings is 2. The van der Waals surface area contributed by atoms with Crippen LogP contribution in [0.3, 0.4) is 0 Å². The molecular formula is C15H15ClN2O8S2. The molecule has 0 aliphatic carbocycles. The van der Waals surface area contributed by atoms with Gasteiger partial charge in [-0.3, -0.25) is 10.1 Å². The van der Waals surface area contributed by atoms with Crippen molar-refractivity contribution < 1.29 is 31.2 Å². The fourth-order valence-electron chi connectivity index (χ4n) is 2.19. The number of nitro benzene ring substituents is 1. The normalized spacial score (nSPS) is 12.0. The number of halogens is 1. The summed E-state index contributed by atoms with van der Waals surface area (Å²) in [6.45, 7) is 0. The van der Waals surface area contributed by atoms with Crippen molar-refractivity contribution in [2.24, 2.45) is 0 Å². The summed E-state index contributed by atoms with van der Waals surface area (Å²) in [7, 11) is -5.96. The Hall–Kier alpha value is -2.41. The Morgan fingerprint density at radius 1 is 1.00 bits per heavy atom. The molecule has 2 rings (SSSR count). The van der Waals surface area contributed by atoms with E-state index in [9.17, 15) is 26.9 Å². The molecule has 0 aliphatic heterocycles. The molecular weight excluding hydrogens is 436 g/mol. The standard InChI is InChI=1S/C15H15ClN2O8S2/c1-17(27(21,22)11-5-6-12(16)13(9-11)18(19)20)28(23,24)15-8-10(25-2)4-7-14(15)26-3/h4-9H,1-3H3. The average Bonchev–Trinajstić information content (AvgIpc) is 2.66. The van der Waals surface area contributed by atoms with Gasteiger partial charge in [-0.25, -0.2) is 16.8 Å². The fraction of sp³-hybridized carbons (Fsp3) is 0.200. The number of ether oxygens (including phenoxy) is 2. The van der Waals surface area contributed by atoms with Crippen molar-refractivity contribution in [3.63, 3.8) is 0 Å². The Morgan fingerprint density at radius 3 is 2.18 bits per heavy atom. The molecule has 0 aromatic heterocycles. The molecule has 0 amide bonds. The van der Waals surface area contributed by atoms with Gasteiger partial charge in [0, 0.05) is 19.2 Å². The van der Waals surface area contributed by atoms with Gasteiger partial charge in [-0.1, -0.05) is 15.3 Å². The van der Waals surface area contributed by atoms with Gasteiger partial charge >= 0.3 is 0 Å². The van der Waals surface area contributed by atoms with Gasteiger partial charge in [0.05, 0.1) is 24.0 Å². The molecule has 13 heteroatoms. The molecule has 0 unspecified atom stereocenters. The van der Waals surface area contributed by atoms with Crippen LogP contribution in [0.2, 0.25) is 5.02 Å². The molecule has 0 saturated carbocycles. The van der Waals surface area contributed by atoms with Crippen LogP contribution in [-0.2, 0) is 20.0 Å². The zero-order valence-corrected chi connectivity index (χ0v) is 17.2. The fourth-order valence-corrected chi connectivity index (χ4v) is 5.66. The highest BCUT2D eigenvalue weighted by atomic mass is 35.5. The van der Waals surface area contributed by atoms with Crippen LogP contribution in [0.1, 0.15) is 0 Å². The molecule has 0 heterocycles. The van der Waals surface area contributed by atoms with Crippen LogP contribution in [0, 0.1) is 10.1 Å². The highest BCUT2D eigenvalue weighted by Gasteiger charge is 2.36. The lowest BCUT2D eigenvalue weighted by Crippen LogP contribution is -2.33. The van der Waals surface area contributed by atoms with Gasteiger partial charge in [-0.15, -0.1) is 0 Å². The van der Waals surface area contributed by atoms with Gasteiger partial charge in [0.1, 0.15) is 21.4 Å². The van der Waals surface area contributed by atoms with E-state index >= 15 is 0 Å². The van der Waals surface area contributed by atoms with E-state index in [0.717, 1.165) is 25.2 Å². The van der Waals surface area contributed by atoms with Crippen LogP contribution in [0.4, 0.5) is 5.69 Å². The Bertz CT molecular complexity index is 1130. The highest BCUT2D eigenvalue weighted by molar-refractivity contribution is 8.04. The van der Waals surface area contributed by atoms with Crippen molar-refractivity contribution in [1.82, 2.24) is 3.71 Å². The van der Waals surface area contributed by atoms with Gasteiger partial charge in [0.25, 0.3) is 25.7 Å². The van der Waals surface area contributed by atoms with Crippen molar-refractivity contribution >= 4 is 37.3 Å². The van der Waals surface area contributed by atoms with Crippen molar-refractivity contribution in [2.75, 3.05) is 21.3 Å². The first-order valence-corrected chi connectivity index (χ1v) is 10.6. The first-order chi connectivity index (χ1) is 13.0. The minimum atomic E-state index is -4.68. The smallest absolute Gasteiger partial charge is 0.289 e. The minimum absolute atomic E-state index is 0.101. The lowest BCUT2D eigenvalue weighted by molar-refractivity contribution is -0.384. The van der Waals surface area contributed by atoms with E-state index in [2.05, 4.69) is 0 Å². The molecule has 0 saturated heterocycles. The molecule has 0 spiro atoms. The first-order valence-electron chi connectivity index (χ1n) is 7.37. The Balaban J connectivity index is 2.62. The Kier molecular flexibility index (Phi) is 6.18. The Labute approximate surface area is 166 Å². The summed E-state index contributed by atoms with van der Waals surface area (Å²) in [4.78, 5) is 9.06. The third kappa shape index (κ3) is 3.90. The predicted molar refractivity (Wildman–Crippen MR) is 99.8 cm³/mol. The van der Waals surface area contributed by atoms with Gasteiger partial charge in [0.15, 0.2) is 0 Å². The summed E-state index contributed by atoms with van der Waals surface area (Å²) in [6, 6.07) is 6.50. The molecule has 0 bridgehead atoms. The number of sulfonamides is 2. The van der Waals surface area contributed by atoms with Crippen molar-refractivity contribution in [3.8, 4) is 11.5 Å². The maximum Gasteiger partial charge on any atom is 0.289 e. The van der Waals surface area contributed by atoms with E-state index in [0.29, 0.717) is 6.07 Å². The van der Waals surface area contributed by atoms with Crippen LogP contribution in [0.5, 0.6) is 11.5 Å². The monoisotopic (exact) mass is 450 g/mol. The molecule has 0 aliphatic rings. The number of rotatable bonds is 7. The summed E-state index contributed by atoms with van der Waals surface area (Å²) in [5, 5.41) is 10.7. The lowest BCUT2D eigenvalue weighted by Gasteiger charge is -2.19. The zero-order chi connectivity index (χ0) is 21.3. The summed E-state index contributed by atoms with van der Waals surface area (Å²) >= 11 is 5.68. The van der Waals surface area contributed by atoms with Crippen LogP contribution in [0.25, 0.3) is 0 Å². The van der Waals surface area contributed by atoms with Crippen LogP contribution in [0.15, 0.2) is 46.2 Å². The van der Waals surface area contributed by atoms with Crippen LogP contribution in [-0.4, -0.2) is 46.7 Å². The Morgan fingerprint density at radius 2 is 1.64 bits per heavy atom. The minimum Gasteiger partial charge on any atom is -0.497 e. The van der Waals surface area contributed by atoms with Crippen LogP contribution >= 0.6 is 11.6 Å². The highest BCUT2D eigenvalue weighted by Crippen LogP contribution is 2.34. The summed E-state index contributed by atoms with van der Waals surface area (Å²) in [5.74, 6) is 0.0530. The third-order valence-electron chi connectivity index (χ3n) is 3.74. The molecule has 0 radical (unpaired) electrons. The van der Waals surface area contributed by atoms with Gasteiger partial charge in [-0.2, -0.15) is 0 Å². The van der Waals surface area contributed by atoms with E-state index < -0.39 is 40.4 Å². The SMILES string of the molecule is COc1ccc(OC)c(S(=O)(=O)N(C)S(=O)(=O)c2ccc(Cl)c([N+](=O)[O-])c2)c1. The third-order valence-corrected chi connectivity index (χ3v) is 8.31. The quantitative estimate of drug-likeness (QED) is 0.463. The molecule has 152 valence electrons. The second-order valence-corrected chi connectivity index (χ2v) is 9.82. The molecule has 10 nitrogen and oxygen atoms in total. The molecule has 0 atom stereocenters. The van der Waals surface area contributed by atoms with E-state index in [-0.39, 0.29) is 20.2 Å². The number of hydrogen-bond donors (Lipinski definition) is 0. The van der Waals surface area contributed by atoms with E-state index in [1.165, 1.54) is 26.4 Å². The van der Waals surface area contributed by atoms with E-state index in [4.69, 9.17) is 21.1 Å². The number of hydrogen-bond acceptors (Lipinski definition) is 8. The maximum atomic E-state index is 12.9. The van der Waals surface area contributed by atoms with Crippen LogP contribution < -0.4 is 9.47 Å². The largest absolute Gasteiger partial charge is 0.497 e. The summed E-state index contributed by atoms with van der Waals surface area (Å²) < 4.78 is 61.6. The van der Waals surface area contributed by atoms with Crippen molar-refractivity contribution in [1.29, 1.82) is 0 Å². The topological polar surface area (TPSA) is 133 Å². The molecule has 2 aromatic carbocycles. The second-order valence-electron chi connectivity index (χ2n) is 5.28. The van der Waals surface area contributed by atoms with Gasteiger partial charge in [0.2, 0.25) is 0 Å². The number of nitro groups is 1. The van der Waals surface area contributed by atoms with Crippen molar-refractivity contribution in [3.05, 3.63) is 51.5 Å². The predicted octanol–water partition coefficient (Wildman–Crippen LogP) is 2.27. The number of methoxy groups -OCH3 is 2. The average molecular weight is 451 g/mol. The van der Waals surface area contributed by atoms with E-state index in [1.54, 1.807) is 0 Å². The van der Waals surface area contributed by atoms with Gasteiger partial charge in [-0.05, 0) is 24.3 Å². The van der Waals surface area contributed by atoms with E-state index in [1.807, 2.05) is 0 Å².